The van der Waals surface area contributed by atoms with Crippen molar-refractivity contribution in [2.45, 2.75) is 19.8 Å². The Labute approximate surface area is 116 Å². The van der Waals surface area contributed by atoms with Crippen molar-refractivity contribution in [3.05, 3.63) is 24.3 Å². The highest BCUT2D eigenvalue weighted by Crippen LogP contribution is 2.13. The van der Waals surface area contributed by atoms with Crippen LogP contribution in [0, 0.1) is 0 Å². The number of benzene rings is 1. The highest BCUT2D eigenvalue weighted by molar-refractivity contribution is 9.09. The van der Waals surface area contributed by atoms with Gasteiger partial charge in [0.1, 0.15) is 5.52 Å². The molecule has 4 nitrogen and oxygen atoms in total. The Morgan fingerprint density at radius 2 is 1.89 bits per heavy atom. The monoisotopic (exact) mass is 308 g/mol. The van der Waals surface area contributed by atoms with Gasteiger partial charge in [-0.1, -0.05) is 41.4 Å². The Bertz CT molecular complexity index is 503. The summed E-state index contributed by atoms with van der Waals surface area (Å²) in [6.07, 6.45) is 2.31. The molecule has 96 valence electrons. The second-order valence-electron chi connectivity index (χ2n) is 4.13. The minimum absolute atomic E-state index is 0.724. The standard InChI is InChI=1S/C13H17BrN4/c1-2-3-9-18(10-8-14)13-15-11-6-4-5-7-12(11)16-17-13/h4-7H,2-3,8-10H2,1H3. The second kappa shape index (κ2) is 6.64. The van der Waals surface area contributed by atoms with Crippen LogP contribution in [0.25, 0.3) is 11.0 Å². The first-order valence-electron chi connectivity index (χ1n) is 6.25. The molecule has 2 rings (SSSR count). The van der Waals surface area contributed by atoms with Gasteiger partial charge in [-0.2, -0.15) is 0 Å². The number of nitrogens with zero attached hydrogens (tertiary/aromatic N) is 4. The molecule has 1 heterocycles. The molecule has 5 heteroatoms. The number of rotatable bonds is 6. The molecule has 2 aromatic rings. The largest absolute Gasteiger partial charge is 0.339 e. The second-order valence-corrected chi connectivity index (χ2v) is 4.92. The van der Waals surface area contributed by atoms with Gasteiger partial charge in [-0.15, -0.1) is 10.2 Å². The summed E-state index contributed by atoms with van der Waals surface area (Å²) in [5, 5.41) is 9.36. The quantitative estimate of drug-likeness (QED) is 0.769. The third kappa shape index (κ3) is 3.16. The number of hydrogen-bond donors (Lipinski definition) is 0. The van der Waals surface area contributed by atoms with Crippen molar-refractivity contribution in [2.75, 3.05) is 23.3 Å². The molecule has 0 N–H and O–H groups in total. The minimum Gasteiger partial charge on any atom is -0.339 e. The number of hydrogen-bond acceptors (Lipinski definition) is 4. The molecule has 0 atom stereocenters. The van der Waals surface area contributed by atoms with Crippen LogP contribution in [0.3, 0.4) is 0 Å². The molecule has 0 radical (unpaired) electrons. The number of anilines is 1. The van der Waals surface area contributed by atoms with Crippen LogP contribution in [0.1, 0.15) is 19.8 Å². The molecule has 18 heavy (non-hydrogen) atoms. The van der Waals surface area contributed by atoms with Gasteiger partial charge < -0.3 is 4.90 Å². The van der Waals surface area contributed by atoms with E-state index in [-0.39, 0.29) is 0 Å². The van der Waals surface area contributed by atoms with Crippen LogP contribution in [0.4, 0.5) is 5.95 Å². The fraction of sp³-hybridized carbons (Fsp3) is 0.462. The van der Waals surface area contributed by atoms with Gasteiger partial charge in [0.25, 0.3) is 0 Å². The SMILES string of the molecule is CCCCN(CCBr)c1nnc2ccccc2n1. The molecule has 0 saturated carbocycles. The van der Waals surface area contributed by atoms with Crippen LogP contribution in [-0.4, -0.2) is 33.6 Å². The topological polar surface area (TPSA) is 41.9 Å². The zero-order valence-electron chi connectivity index (χ0n) is 10.5. The molecule has 0 spiro atoms. The first-order valence-corrected chi connectivity index (χ1v) is 7.37. The summed E-state index contributed by atoms with van der Waals surface area (Å²) >= 11 is 3.47. The third-order valence-corrected chi connectivity index (χ3v) is 3.12. The fourth-order valence-corrected chi connectivity index (χ4v) is 2.20. The number of fused-ring (bicyclic) bond motifs is 1. The smallest absolute Gasteiger partial charge is 0.245 e. The van der Waals surface area contributed by atoms with E-state index >= 15 is 0 Å². The predicted molar refractivity (Wildman–Crippen MR) is 78.2 cm³/mol. The van der Waals surface area contributed by atoms with Gasteiger partial charge in [-0.25, -0.2) is 4.98 Å². The van der Waals surface area contributed by atoms with E-state index < -0.39 is 0 Å². The summed E-state index contributed by atoms with van der Waals surface area (Å²) < 4.78 is 0. The van der Waals surface area contributed by atoms with E-state index in [2.05, 4.69) is 42.9 Å². The van der Waals surface area contributed by atoms with Gasteiger partial charge in [0, 0.05) is 18.4 Å². The fourth-order valence-electron chi connectivity index (χ4n) is 1.77. The summed E-state index contributed by atoms with van der Waals surface area (Å²) in [5.74, 6) is 0.724. The lowest BCUT2D eigenvalue weighted by atomic mass is 10.3. The Balaban J connectivity index is 2.25. The van der Waals surface area contributed by atoms with Crippen LogP contribution < -0.4 is 4.90 Å². The molecule has 0 unspecified atom stereocenters. The van der Waals surface area contributed by atoms with Gasteiger partial charge in [0.05, 0.1) is 5.52 Å². The highest BCUT2D eigenvalue weighted by atomic mass is 79.9. The Hall–Kier alpha value is -1.23. The zero-order valence-corrected chi connectivity index (χ0v) is 12.1. The maximum Gasteiger partial charge on any atom is 0.245 e. The van der Waals surface area contributed by atoms with Crippen molar-refractivity contribution in [1.82, 2.24) is 15.2 Å². The number of aromatic nitrogens is 3. The molecule has 1 aromatic heterocycles. The van der Waals surface area contributed by atoms with E-state index in [9.17, 15) is 0 Å². The maximum atomic E-state index is 4.58. The molecule has 0 aliphatic rings. The van der Waals surface area contributed by atoms with Crippen LogP contribution in [-0.2, 0) is 0 Å². The predicted octanol–water partition coefficient (Wildman–Crippen LogP) is 3.03. The van der Waals surface area contributed by atoms with Crippen molar-refractivity contribution in [2.24, 2.45) is 0 Å². The maximum absolute atomic E-state index is 4.58. The first kappa shape index (κ1) is 13.2. The lowest BCUT2D eigenvalue weighted by Crippen LogP contribution is -2.28. The lowest BCUT2D eigenvalue weighted by molar-refractivity contribution is 0.712. The molecule has 0 amide bonds. The molecule has 1 aromatic carbocycles. The Morgan fingerprint density at radius 1 is 1.11 bits per heavy atom. The summed E-state index contributed by atoms with van der Waals surface area (Å²) in [6.45, 7) is 4.06. The minimum atomic E-state index is 0.724. The van der Waals surface area contributed by atoms with Gasteiger partial charge in [-0.3, -0.25) is 0 Å². The summed E-state index contributed by atoms with van der Waals surface area (Å²) in [6, 6.07) is 7.83. The van der Waals surface area contributed by atoms with E-state index in [4.69, 9.17) is 0 Å². The summed E-state index contributed by atoms with van der Waals surface area (Å²) in [4.78, 5) is 6.76. The average molecular weight is 309 g/mol. The summed E-state index contributed by atoms with van der Waals surface area (Å²) in [5.41, 5.74) is 1.74. The van der Waals surface area contributed by atoms with Gasteiger partial charge in [0.2, 0.25) is 5.95 Å². The summed E-state index contributed by atoms with van der Waals surface area (Å²) in [7, 11) is 0. The van der Waals surface area contributed by atoms with Crippen molar-refractivity contribution in [3.8, 4) is 0 Å². The average Bonchev–Trinajstić information content (AvgIpc) is 2.43. The Kier molecular flexibility index (Phi) is 4.87. The normalized spacial score (nSPS) is 10.8. The van der Waals surface area contributed by atoms with E-state index in [0.29, 0.717) is 0 Å². The first-order chi connectivity index (χ1) is 8.85. The lowest BCUT2D eigenvalue weighted by Gasteiger charge is -2.20. The molecule has 0 fully saturated rings. The van der Waals surface area contributed by atoms with Crippen LogP contribution in [0.15, 0.2) is 24.3 Å². The van der Waals surface area contributed by atoms with Crippen LogP contribution in [0.2, 0.25) is 0 Å². The third-order valence-electron chi connectivity index (χ3n) is 2.77. The van der Waals surface area contributed by atoms with Crippen LogP contribution >= 0.6 is 15.9 Å². The molecule has 0 aliphatic heterocycles. The van der Waals surface area contributed by atoms with Crippen molar-refractivity contribution in [3.63, 3.8) is 0 Å². The van der Waals surface area contributed by atoms with Crippen LogP contribution in [0.5, 0.6) is 0 Å². The molecular formula is C13H17BrN4. The van der Waals surface area contributed by atoms with E-state index in [1.807, 2.05) is 24.3 Å². The van der Waals surface area contributed by atoms with E-state index in [1.54, 1.807) is 0 Å². The number of alkyl halides is 1. The zero-order chi connectivity index (χ0) is 12.8. The van der Waals surface area contributed by atoms with Gasteiger partial charge in [-0.05, 0) is 18.6 Å². The Morgan fingerprint density at radius 3 is 2.61 bits per heavy atom. The molecule has 0 saturated heterocycles. The van der Waals surface area contributed by atoms with Crippen molar-refractivity contribution < 1.29 is 0 Å². The van der Waals surface area contributed by atoms with Gasteiger partial charge in [0.15, 0.2) is 0 Å². The molecular weight excluding hydrogens is 292 g/mol. The number of halogens is 1. The van der Waals surface area contributed by atoms with Crippen molar-refractivity contribution >= 4 is 32.9 Å². The molecule has 0 bridgehead atoms. The van der Waals surface area contributed by atoms with Crippen molar-refractivity contribution in [1.29, 1.82) is 0 Å². The number of unbranched alkanes of at least 4 members (excludes halogenated alkanes) is 1. The van der Waals surface area contributed by atoms with E-state index in [0.717, 1.165) is 41.8 Å². The molecule has 0 aliphatic carbocycles. The highest BCUT2D eigenvalue weighted by Gasteiger charge is 2.09. The van der Waals surface area contributed by atoms with Gasteiger partial charge >= 0.3 is 0 Å². The number of para-hydroxylation sites is 1. The van der Waals surface area contributed by atoms with E-state index in [1.165, 1.54) is 6.42 Å².